The molecule has 0 spiro atoms. The quantitative estimate of drug-likeness (QED) is 0.194. The minimum absolute atomic E-state index is 0.669. The molecule has 0 fully saturated rings. The molecule has 4 heterocycles. The molecule has 0 bridgehead atoms. The van der Waals surface area contributed by atoms with Gasteiger partial charge in [0.1, 0.15) is 11.2 Å². The van der Waals surface area contributed by atoms with Crippen molar-refractivity contribution in [1.82, 2.24) is 15.0 Å². The molecule has 0 aliphatic rings. The van der Waals surface area contributed by atoms with Crippen molar-refractivity contribution in [2.75, 3.05) is 0 Å². The number of para-hydroxylation sites is 2. The lowest BCUT2D eigenvalue weighted by molar-refractivity contribution is 0.670. The average molecular weight is 632 g/mol. The number of hydrogen-bond donors (Lipinski definition) is 0. The fourth-order valence-corrected chi connectivity index (χ4v) is 7.98. The summed E-state index contributed by atoms with van der Waals surface area (Å²) < 4.78 is 8.90. The van der Waals surface area contributed by atoms with Gasteiger partial charge in [-0.25, -0.2) is 15.0 Å². The molecule has 0 N–H and O–H groups in total. The van der Waals surface area contributed by atoms with Crippen molar-refractivity contribution in [2.45, 2.75) is 0 Å². The van der Waals surface area contributed by atoms with Gasteiger partial charge in [-0.15, -0.1) is 11.3 Å². The first-order valence-electron chi connectivity index (χ1n) is 15.9. The molecule has 10 rings (SSSR count). The van der Waals surface area contributed by atoms with Gasteiger partial charge in [0, 0.05) is 53.9 Å². The molecule has 0 saturated heterocycles. The van der Waals surface area contributed by atoms with E-state index < -0.39 is 0 Å². The lowest BCUT2D eigenvalue weighted by Gasteiger charge is -2.11. The summed E-state index contributed by atoms with van der Waals surface area (Å²) in [5.74, 6) is 0.669. The number of pyridine rings is 1. The number of aromatic nitrogens is 3. The van der Waals surface area contributed by atoms with E-state index in [1.807, 2.05) is 47.7 Å². The topological polar surface area (TPSA) is 51.8 Å². The Morgan fingerprint density at radius 2 is 1.12 bits per heavy atom. The molecule has 224 valence electrons. The van der Waals surface area contributed by atoms with Gasteiger partial charge in [-0.1, -0.05) is 127 Å². The van der Waals surface area contributed by atoms with Crippen LogP contribution in [0.2, 0.25) is 0 Å². The fraction of sp³-hybridized carbons (Fsp3) is 0. The molecule has 0 unspecified atom stereocenters. The van der Waals surface area contributed by atoms with Crippen LogP contribution in [0.15, 0.2) is 156 Å². The Bertz CT molecular complexity index is 2830. The van der Waals surface area contributed by atoms with Crippen molar-refractivity contribution < 1.29 is 4.42 Å². The van der Waals surface area contributed by atoms with Crippen molar-refractivity contribution in [1.29, 1.82) is 0 Å². The van der Waals surface area contributed by atoms with Crippen LogP contribution in [0.25, 0.3) is 98.2 Å². The third-order valence-electron chi connectivity index (χ3n) is 9.11. The van der Waals surface area contributed by atoms with Crippen LogP contribution in [0, 0.1) is 0 Å². The van der Waals surface area contributed by atoms with E-state index in [0.717, 1.165) is 72.2 Å². The second kappa shape index (κ2) is 10.7. The molecule has 0 atom stereocenters. The van der Waals surface area contributed by atoms with E-state index in [2.05, 4.69) is 115 Å². The monoisotopic (exact) mass is 631 g/mol. The number of hydrogen-bond acceptors (Lipinski definition) is 5. The van der Waals surface area contributed by atoms with Gasteiger partial charge in [-0.05, 0) is 24.3 Å². The molecule has 48 heavy (non-hydrogen) atoms. The second-order valence-electron chi connectivity index (χ2n) is 12.0. The lowest BCUT2D eigenvalue weighted by atomic mass is 10.00. The Kier molecular flexibility index (Phi) is 6.01. The number of rotatable bonds is 4. The Balaban J connectivity index is 1.14. The van der Waals surface area contributed by atoms with Gasteiger partial charge in [0.25, 0.3) is 0 Å². The van der Waals surface area contributed by atoms with Crippen molar-refractivity contribution in [3.05, 3.63) is 152 Å². The van der Waals surface area contributed by atoms with Crippen LogP contribution in [0.1, 0.15) is 0 Å². The Labute approximate surface area is 279 Å². The summed E-state index contributed by atoms with van der Waals surface area (Å²) in [5, 5.41) is 5.75. The predicted octanol–water partition coefficient (Wildman–Crippen LogP) is 12.0. The summed E-state index contributed by atoms with van der Waals surface area (Å²) in [5.41, 5.74) is 9.35. The van der Waals surface area contributed by atoms with E-state index in [1.165, 1.54) is 20.2 Å². The third-order valence-corrected chi connectivity index (χ3v) is 10.3. The van der Waals surface area contributed by atoms with Gasteiger partial charge in [0.2, 0.25) is 0 Å². The summed E-state index contributed by atoms with van der Waals surface area (Å²) in [6.07, 6.45) is 0. The SMILES string of the molecule is c1ccc(-c2nc(-c3ccc(-c4nc5c6ccccc6sc5c5ccccc45)cc3)cc(-c3cccc4c3oc3ccccc34)n2)cc1. The maximum absolute atomic E-state index is 6.41. The van der Waals surface area contributed by atoms with E-state index in [4.69, 9.17) is 19.4 Å². The summed E-state index contributed by atoms with van der Waals surface area (Å²) in [6.45, 7) is 0. The Morgan fingerprint density at radius 1 is 0.458 bits per heavy atom. The highest BCUT2D eigenvalue weighted by Gasteiger charge is 2.18. The van der Waals surface area contributed by atoms with E-state index in [-0.39, 0.29) is 0 Å². The summed E-state index contributed by atoms with van der Waals surface area (Å²) in [4.78, 5) is 15.5. The van der Waals surface area contributed by atoms with Gasteiger partial charge in [-0.3, -0.25) is 0 Å². The van der Waals surface area contributed by atoms with Crippen molar-refractivity contribution in [3.63, 3.8) is 0 Å². The summed E-state index contributed by atoms with van der Waals surface area (Å²) in [7, 11) is 0. The third kappa shape index (κ3) is 4.25. The number of thiophene rings is 1. The number of nitrogens with zero attached hydrogens (tertiary/aromatic N) is 3. The maximum Gasteiger partial charge on any atom is 0.160 e. The van der Waals surface area contributed by atoms with Gasteiger partial charge in [-0.2, -0.15) is 0 Å². The molecule has 4 nitrogen and oxygen atoms in total. The predicted molar refractivity (Wildman–Crippen MR) is 199 cm³/mol. The van der Waals surface area contributed by atoms with Crippen LogP contribution < -0.4 is 0 Å². The van der Waals surface area contributed by atoms with Crippen molar-refractivity contribution in [2.24, 2.45) is 0 Å². The van der Waals surface area contributed by atoms with Crippen LogP contribution in [-0.2, 0) is 0 Å². The van der Waals surface area contributed by atoms with Crippen LogP contribution in [0.3, 0.4) is 0 Å². The molecular formula is C43H25N3OS. The zero-order chi connectivity index (χ0) is 31.6. The molecule has 0 aliphatic heterocycles. The van der Waals surface area contributed by atoms with Crippen LogP contribution >= 0.6 is 11.3 Å². The molecule has 4 aromatic heterocycles. The molecule has 10 aromatic rings. The van der Waals surface area contributed by atoms with Crippen LogP contribution in [-0.4, -0.2) is 15.0 Å². The zero-order valence-corrected chi connectivity index (χ0v) is 26.4. The second-order valence-corrected chi connectivity index (χ2v) is 13.0. The van der Waals surface area contributed by atoms with E-state index in [9.17, 15) is 0 Å². The highest BCUT2D eigenvalue weighted by molar-refractivity contribution is 7.26. The first-order valence-corrected chi connectivity index (χ1v) is 16.8. The van der Waals surface area contributed by atoms with Gasteiger partial charge in [0.15, 0.2) is 5.82 Å². The number of benzene rings is 6. The van der Waals surface area contributed by atoms with E-state index in [0.29, 0.717) is 5.82 Å². The van der Waals surface area contributed by atoms with Crippen molar-refractivity contribution >= 4 is 64.4 Å². The Morgan fingerprint density at radius 3 is 1.98 bits per heavy atom. The average Bonchev–Trinajstić information content (AvgIpc) is 3.74. The minimum atomic E-state index is 0.669. The zero-order valence-electron chi connectivity index (χ0n) is 25.6. The standard InChI is InChI=1S/C43H25N3OS/c1-2-11-28(12-3-1)43-44-35(25-36(45-43)33-18-10-17-31-29-13-6-8-19-37(29)47-41(31)33)26-21-23-27(24-22-26)39-30-14-4-5-15-32(30)42-40(46-39)34-16-7-9-20-38(34)48-42/h1-25H. The molecule has 6 aromatic carbocycles. The highest BCUT2D eigenvalue weighted by Crippen LogP contribution is 2.41. The van der Waals surface area contributed by atoms with Crippen LogP contribution in [0.4, 0.5) is 0 Å². The highest BCUT2D eigenvalue weighted by atomic mass is 32.1. The first-order chi connectivity index (χ1) is 23.8. The number of furan rings is 1. The van der Waals surface area contributed by atoms with Crippen molar-refractivity contribution in [3.8, 4) is 45.2 Å². The first kappa shape index (κ1) is 27.0. The van der Waals surface area contributed by atoms with Gasteiger partial charge < -0.3 is 4.42 Å². The largest absolute Gasteiger partial charge is 0.455 e. The Hall–Kier alpha value is -6.17. The molecule has 0 amide bonds. The summed E-state index contributed by atoms with van der Waals surface area (Å²) >= 11 is 1.81. The molecule has 0 aliphatic carbocycles. The molecule has 0 saturated carbocycles. The minimum Gasteiger partial charge on any atom is -0.455 e. The van der Waals surface area contributed by atoms with Crippen LogP contribution in [0.5, 0.6) is 0 Å². The fourth-order valence-electron chi connectivity index (χ4n) is 6.80. The number of fused-ring (bicyclic) bond motifs is 8. The van der Waals surface area contributed by atoms with E-state index >= 15 is 0 Å². The maximum atomic E-state index is 6.41. The van der Waals surface area contributed by atoms with Gasteiger partial charge in [0.05, 0.1) is 27.3 Å². The molecular weight excluding hydrogens is 607 g/mol. The molecule has 0 radical (unpaired) electrons. The molecule has 5 heteroatoms. The lowest BCUT2D eigenvalue weighted by Crippen LogP contribution is -1.96. The normalized spacial score (nSPS) is 11.8. The van der Waals surface area contributed by atoms with E-state index in [1.54, 1.807) is 0 Å². The smallest absolute Gasteiger partial charge is 0.160 e. The van der Waals surface area contributed by atoms with Gasteiger partial charge >= 0.3 is 0 Å². The summed E-state index contributed by atoms with van der Waals surface area (Å²) in [6, 6.07) is 52.4.